The minimum Gasteiger partial charge on any atom is -0.387 e. The summed E-state index contributed by atoms with van der Waals surface area (Å²) in [6, 6.07) is 0. The molecule has 2 saturated carbocycles. The molecule has 144 valence electrons. The molecule has 3 fully saturated rings. The van der Waals surface area contributed by atoms with Crippen LogP contribution in [0, 0.1) is 40.4 Å². The molecule has 0 aromatic rings. The number of Topliss-reactive ketones (excluding diaryl/α,β-unsaturated/α-hetero) is 1. The largest absolute Gasteiger partial charge is 0.387 e. The van der Waals surface area contributed by atoms with Crippen molar-refractivity contribution < 1.29 is 9.59 Å². The number of rotatable bonds is 3. The van der Waals surface area contributed by atoms with Gasteiger partial charge in [-0.05, 0) is 61.2 Å². The topological polar surface area (TPSA) is 46.2 Å². The van der Waals surface area contributed by atoms with Gasteiger partial charge in [-0.3, -0.25) is 9.59 Å². The molecule has 1 aliphatic heterocycles. The van der Waals surface area contributed by atoms with Crippen LogP contribution in [0.1, 0.15) is 72.6 Å². The zero-order valence-electron chi connectivity index (χ0n) is 16.9. The normalized spacial score (nSPS) is 44.7. The van der Waals surface area contributed by atoms with Crippen molar-refractivity contribution in [1.29, 1.82) is 0 Å². The van der Waals surface area contributed by atoms with E-state index >= 15 is 0 Å². The van der Waals surface area contributed by atoms with Crippen LogP contribution in [0.25, 0.3) is 0 Å². The number of hydrogen-bond acceptors (Lipinski definition) is 3. The van der Waals surface area contributed by atoms with Gasteiger partial charge in [-0.2, -0.15) is 0 Å². The molecule has 0 aromatic carbocycles. The Labute approximate surface area is 158 Å². The molecule has 4 rings (SSSR count). The third-order valence-electron chi connectivity index (χ3n) is 8.59. The smallest absolute Gasteiger partial charge is 0.157 e. The number of fused-ring (bicyclic) bond motifs is 5. The van der Waals surface area contributed by atoms with Gasteiger partial charge in [-0.25, -0.2) is 0 Å². The fraction of sp³-hybridized carbons (Fsp3) is 0.826. The lowest BCUT2D eigenvalue weighted by Gasteiger charge is -2.58. The fourth-order valence-corrected chi connectivity index (χ4v) is 7.22. The number of nitrogens with one attached hydrogen (secondary N) is 1. The highest BCUT2D eigenvalue weighted by molar-refractivity contribution is 5.91. The van der Waals surface area contributed by atoms with Crippen molar-refractivity contribution in [2.75, 3.05) is 6.54 Å². The van der Waals surface area contributed by atoms with Crippen LogP contribution in [0.15, 0.2) is 11.8 Å². The monoisotopic (exact) mass is 357 g/mol. The summed E-state index contributed by atoms with van der Waals surface area (Å²) in [4.78, 5) is 24.8. The van der Waals surface area contributed by atoms with Crippen LogP contribution in [0.4, 0.5) is 0 Å². The standard InChI is InChI=1S/C23H35NO2/c1-14(2)11-20(26)19-6-5-17-16-13-24-21-12-15(25)7-9-23(21,4)18(16)8-10-22(17,19)3/h12,14,16-19,24H,5-11,13H2,1-4H3/t16-,17-,18+,19?,22-,23+/m0/s1. The first-order chi connectivity index (χ1) is 12.3. The molecule has 1 unspecified atom stereocenters. The van der Waals surface area contributed by atoms with E-state index in [9.17, 15) is 9.59 Å². The zero-order chi connectivity index (χ0) is 18.7. The third kappa shape index (κ3) is 2.60. The van der Waals surface area contributed by atoms with Crippen molar-refractivity contribution in [3.8, 4) is 0 Å². The van der Waals surface area contributed by atoms with Gasteiger partial charge in [0.1, 0.15) is 5.78 Å². The lowest BCUT2D eigenvalue weighted by atomic mass is 9.49. The molecule has 1 heterocycles. The van der Waals surface area contributed by atoms with Crippen molar-refractivity contribution in [1.82, 2.24) is 5.32 Å². The second kappa shape index (κ2) is 6.21. The van der Waals surface area contributed by atoms with Gasteiger partial charge in [0, 0.05) is 42.5 Å². The molecular weight excluding hydrogens is 322 g/mol. The van der Waals surface area contributed by atoms with E-state index in [4.69, 9.17) is 0 Å². The van der Waals surface area contributed by atoms with Gasteiger partial charge in [0.25, 0.3) is 0 Å². The van der Waals surface area contributed by atoms with Crippen LogP contribution in [0.3, 0.4) is 0 Å². The van der Waals surface area contributed by atoms with E-state index in [1.54, 1.807) is 0 Å². The Balaban J connectivity index is 1.59. The molecule has 0 radical (unpaired) electrons. The summed E-state index contributed by atoms with van der Waals surface area (Å²) in [5.41, 5.74) is 1.53. The Kier molecular flexibility index (Phi) is 4.36. The molecule has 0 bridgehead atoms. The average molecular weight is 358 g/mol. The van der Waals surface area contributed by atoms with E-state index in [0.29, 0.717) is 35.9 Å². The van der Waals surface area contributed by atoms with Crippen LogP contribution in [0.5, 0.6) is 0 Å². The Morgan fingerprint density at radius 2 is 1.96 bits per heavy atom. The van der Waals surface area contributed by atoms with E-state index in [0.717, 1.165) is 25.8 Å². The summed E-state index contributed by atoms with van der Waals surface area (Å²) < 4.78 is 0. The van der Waals surface area contributed by atoms with Crippen molar-refractivity contribution in [2.45, 2.75) is 72.6 Å². The van der Waals surface area contributed by atoms with E-state index in [1.807, 2.05) is 6.08 Å². The summed E-state index contributed by atoms with van der Waals surface area (Å²) in [6.07, 6.45) is 9.02. The highest BCUT2D eigenvalue weighted by Gasteiger charge is 2.60. The highest BCUT2D eigenvalue weighted by atomic mass is 16.1. The van der Waals surface area contributed by atoms with Crippen LogP contribution in [-0.2, 0) is 9.59 Å². The van der Waals surface area contributed by atoms with Gasteiger partial charge in [-0.1, -0.05) is 27.7 Å². The van der Waals surface area contributed by atoms with E-state index in [1.165, 1.54) is 25.0 Å². The number of allylic oxidation sites excluding steroid dienone is 2. The molecule has 1 N–H and O–H groups in total. The van der Waals surface area contributed by atoms with Crippen molar-refractivity contribution >= 4 is 11.6 Å². The van der Waals surface area contributed by atoms with Gasteiger partial charge >= 0.3 is 0 Å². The van der Waals surface area contributed by atoms with Gasteiger partial charge in [-0.15, -0.1) is 0 Å². The van der Waals surface area contributed by atoms with Crippen LogP contribution < -0.4 is 5.32 Å². The first-order valence-electron chi connectivity index (χ1n) is 10.8. The Morgan fingerprint density at radius 1 is 1.19 bits per heavy atom. The van der Waals surface area contributed by atoms with Crippen LogP contribution >= 0.6 is 0 Å². The molecule has 0 aromatic heterocycles. The predicted octanol–water partition coefficient (Wildman–Crippen LogP) is 4.52. The number of piperidine rings is 1. The number of carbonyl (C=O) groups excluding carboxylic acids is 2. The fourth-order valence-electron chi connectivity index (χ4n) is 7.22. The maximum Gasteiger partial charge on any atom is 0.157 e. The maximum absolute atomic E-state index is 12.9. The molecule has 6 atom stereocenters. The molecule has 3 heteroatoms. The Morgan fingerprint density at radius 3 is 2.69 bits per heavy atom. The number of hydrogen-bond donors (Lipinski definition) is 1. The molecule has 26 heavy (non-hydrogen) atoms. The van der Waals surface area contributed by atoms with E-state index in [2.05, 4.69) is 33.0 Å². The summed E-state index contributed by atoms with van der Waals surface area (Å²) in [5, 5.41) is 3.65. The summed E-state index contributed by atoms with van der Waals surface area (Å²) in [7, 11) is 0. The molecule has 3 nitrogen and oxygen atoms in total. The van der Waals surface area contributed by atoms with Crippen LogP contribution in [0.2, 0.25) is 0 Å². The first-order valence-corrected chi connectivity index (χ1v) is 10.8. The quantitative estimate of drug-likeness (QED) is 0.808. The minimum atomic E-state index is 0.137. The van der Waals surface area contributed by atoms with Crippen LogP contribution in [-0.4, -0.2) is 18.1 Å². The van der Waals surface area contributed by atoms with Gasteiger partial charge in [0.15, 0.2) is 5.78 Å². The summed E-state index contributed by atoms with van der Waals surface area (Å²) in [6.45, 7) is 10.1. The maximum atomic E-state index is 12.9. The summed E-state index contributed by atoms with van der Waals surface area (Å²) in [5.74, 6) is 3.51. The van der Waals surface area contributed by atoms with Crippen molar-refractivity contribution in [3.63, 3.8) is 0 Å². The minimum absolute atomic E-state index is 0.137. The zero-order valence-corrected chi connectivity index (χ0v) is 16.9. The predicted molar refractivity (Wildman–Crippen MR) is 103 cm³/mol. The van der Waals surface area contributed by atoms with Gasteiger partial charge in [0.2, 0.25) is 0 Å². The summed E-state index contributed by atoms with van der Waals surface area (Å²) >= 11 is 0. The number of carbonyl (C=O) groups is 2. The SMILES string of the molecule is CC(C)CC(=O)C1CC[C@H]2[C@@H]3CNC4=CC(=O)CC[C@]4(C)[C@@H]3CC[C@]12C. The third-order valence-corrected chi connectivity index (χ3v) is 8.59. The molecule has 1 saturated heterocycles. The Hall–Kier alpha value is -1.12. The van der Waals surface area contributed by atoms with E-state index < -0.39 is 0 Å². The average Bonchev–Trinajstić information content (AvgIpc) is 2.92. The number of ketones is 2. The Bertz CT molecular complexity index is 651. The van der Waals surface area contributed by atoms with Gasteiger partial charge in [0.05, 0.1) is 0 Å². The first kappa shape index (κ1) is 18.3. The van der Waals surface area contributed by atoms with E-state index in [-0.39, 0.29) is 22.5 Å². The lowest BCUT2D eigenvalue weighted by molar-refractivity contribution is -0.131. The van der Waals surface area contributed by atoms with Crippen molar-refractivity contribution in [3.05, 3.63) is 11.8 Å². The molecule has 4 aliphatic rings. The second-order valence-electron chi connectivity index (χ2n) is 10.4. The second-order valence-corrected chi connectivity index (χ2v) is 10.4. The molecular formula is C23H35NO2. The van der Waals surface area contributed by atoms with Gasteiger partial charge < -0.3 is 5.32 Å². The highest BCUT2D eigenvalue weighted by Crippen LogP contribution is 2.64. The van der Waals surface area contributed by atoms with Crippen molar-refractivity contribution in [2.24, 2.45) is 40.4 Å². The lowest BCUT2D eigenvalue weighted by Crippen LogP contribution is -2.57. The molecule has 0 amide bonds. The molecule has 0 spiro atoms. The molecule has 3 aliphatic carbocycles.